The molecule has 0 saturated carbocycles. The fourth-order valence-corrected chi connectivity index (χ4v) is 4.95. The van der Waals surface area contributed by atoms with Crippen molar-refractivity contribution in [2.75, 3.05) is 13.2 Å². The van der Waals surface area contributed by atoms with Gasteiger partial charge in [0.15, 0.2) is 0 Å². The van der Waals surface area contributed by atoms with Crippen LogP contribution in [0.5, 0.6) is 5.75 Å². The molecule has 0 amide bonds. The van der Waals surface area contributed by atoms with Crippen molar-refractivity contribution in [3.05, 3.63) is 63.4 Å². The zero-order chi connectivity index (χ0) is 19.3. The van der Waals surface area contributed by atoms with E-state index in [-0.39, 0.29) is 12.7 Å². The van der Waals surface area contributed by atoms with E-state index in [1.165, 1.54) is 16.8 Å². The Bertz CT molecular complexity index is 917. The molecule has 146 valence electrons. The first kappa shape index (κ1) is 20.0. The lowest BCUT2D eigenvalue weighted by Gasteiger charge is -2.24. The molecule has 3 atom stereocenters. The third kappa shape index (κ3) is 5.37. The maximum absolute atomic E-state index is 11.9. The van der Waals surface area contributed by atoms with Gasteiger partial charge in [-0.25, -0.2) is 9.88 Å². The van der Waals surface area contributed by atoms with Gasteiger partial charge in [0.05, 0.1) is 12.7 Å². The van der Waals surface area contributed by atoms with E-state index < -0.39 is 24.1 Å². The zero-order valence-corrected chi connectivity index (χ0v) is 16.6. The summed E-state index contributed by atoms with van der Waals surface area (Å²) in [5, 5.41) is 3.12. The lowest BCUT2D eigenvalue weighted by Crippen LogP contribution is -2.31. The predicted octanol–water partition coefficient (Wildman–Crippen LogP) is 2.14. The van der Waals surface area contributed by atoms with E-state index in [2.05, 4.69) is 10.1 Å². The number of hydrogen-bond donors (Lipinski definition) is 2. The van der Waals surface area contributed by atoms with Crippen molar-refractivity contribution >= 4 is 18.4 Å². The van der Waals surface area contributed by atoms with E-state index in [9.17, 15) is 9.59 Å². The maximum atomic E-state index is 11.9. The summed E-state index contributed by atoms with van der Waals surface area (Å²) in [4.78, 5) is 25.3. The van der Waals surface area contributed by atoms with E-state index in [1.807, 2.05) is 37.3 Å². The Morgan fingerprint density at radius 2 is 2.07 bits per heavy atom. The largest absolute Gasteiger partial charge is 0.433 e. The number of aromatic amines is 1. The summed E-state index contributed by atoms with van der Waals surface area (Å²) < 4.78 is 19.1. The number of aromatic nitrogens is 2. The van der Waals surface area contributed by atoms with Crippen LogP contribution >= 0.6 is 6.64 Å². The van der Waals surface area contributed by atoms with Gasteiger partial charge < -0.3 is 13.8 Å². The van der Waals surface area contributed by atoms with Crippen LogP contribution in [-0.2, 0) is 21.1 Å². The van der Waals surface area contributed by atoms with Crippen LogP contribution < -0.4 is 20.9 Å². The maximum Gasteiger partial charge on any atom is 0.330 e. The molecular weight excluding hydrogens is 389 g/mol. The zero-order valence-electron chi connectivity index (χ0n) is 14.9. The van der Waals surface area contributed by atoms with Gasteiger partial charge in [-0.1, -0.05) is 25.1 Å². The van der Waals surface area contributed by atoms with Crippen molar-refractivity contribution in [1.82, 2.24) is 14.6 Å². The topological polar surface area (TPSA) is 94.6 Å². The van der Waals surface area contributed by atoms with Crippen molar-refractivity contribution in [3.8, 4) is 5.75 Å². The summed E-state index contributed by atoms with van der Waals surface area (Å²) in [5.41, 5.74) is -0.919. The standard InChI is InChI=1S/C17H22N3O5PS/c1-2-18-26(27,25-13-6-4-3-5-7-13)23-12-14-8-9-16(24-14)20-11-10-15(21)19-17(20)22/h3-7,10-11,14,16H,2,8-9,12H2,1H3,(H,18,27)(H,19,21,22). The third-order valence-electron chi connectivity index (χ3n) is 4.00. The lowest BCUT2D eigenvalue weighted by molar-refractivity contribution is -0.0199. The van der Waals surface area contributed by atoms with Gasteiger partial charge in [-0.3, -0.25) is 14.3 Å². The second-order valence-corrected chi connectivity index (χ2v) is 9.21. The summed E-state index contributed by atoms with van der Waals surface area (Å²) in [7, 11) is 0. The van der Waals surface area contributed by atoms with E-state index in [0.29, 0.717) is 25.1 Å². The van der Waals surface area contributed by atoms with Crippen LogP contribution in [-0.4, -0.2) is 28.8 Å². The minimum absolute atomic E-state index is 0.214. The number of rotatable bonds is 8. The molecule has 1 aliphatic rings. The molecule has 1 aromatic carbocycles. The van der Waals surface area contributed by atoms with Gasteiger partial charge in [-0.15, -0.1) is 0 Å². The Hall–Kier alpha value is -1.77. The Balaban J connectivity index is 1.60. The molecule has 0 spiro atoms. The first-order valence-electron chi connectivity index (χ1n) is 8.70. The van der Waals surface area contributed by atoms with Gasteiger partial charge in [0.25, 0.3) is 5.56 Å². The molecular formula is C17H22N3O5PS. The monoisotopic (exact) mass is 411 g/mol. The smallest absolute Gasteiger partial charge is 0.330 e. The minimum atomic E-state index is -2.71. The second kappa shape index (κ2) is 8.95. The summed E-state index contributed by atoms with van der Waals surface area (Å²) in [6.07, 6.45) is 2.15. The van der Waals surface area contributed by atoms with E-state index >= 15 is 0 Å². The SMILES string of the molecule is CCNP(=S)(OCC1CCC(n2ccc(=O)[nH]c2=O)O1)Oc1ccccc1. The fraction of sp³-hybridized carbons (Fsp3) is 0.412. The predicted molar refractivity (Wildman–Crippen MR) is 105 cm³/mol. The number of benzene rings is 1. The van der Waals surface area contributed by atoms with Crippen LogP contribution in [0.3, 0.4) is 0 Å². The van der Waals surface area contributed by atoms with Gasteiger partial charge >= 0.3 is 12.3 Å². The highest BCUT2D eigenvalue weighted by Gasteiger charge is 2.30. The molecule has 1 saturated heterocycles. The third-order valence-corrected chi connectivity index (χ3v) is 6.57. The molecule has 1 aliphatic heterocycles. The van der Waals surface area contributed by atoms with Crippen molar-refractivity contribution in [1.29, 1.82) is 0 Å². The fourth-order valence-electron chi connectivity index (χ4n) is 2.77. The summed E-state index contributed by atoms with van der Waals surface area (Å²) in [6, 6.07) is 10.6. The van der Waals surface area contributed by atoms with Crippen LogP contribution in [0.2, 0.25) is 0 Å². The van der Waals surface area contributed by atoms with Gasteiger partial charge in [-0.2, -0.15) is 0 Å². The van der Waals surface area contributed by atoms with Crippen LogP contribution in [0.25, 0.3) is 0 Å². The molecule has 0 aliphatic carbocycles. The van der Waals surface area contributed by atoms with Crippen molar-refractivity contribution < 1.29 is 13.8 Å². The van der Waals surface area contributed by atoms with E-state index in [1.54, 1.807) is 0 Å². The van der Waals surface area contributed by atoms with Crippen LogP contribution in [0.15, 0.2) is 52.2 Å². The highest BCUT2D eigenvalue weighted by Crippen LogP contribution is 2.45. The number of ether oxygens (including phenoxy) is 1. The number of H-pyrrole nitrogens is 1. The minimum Gasteiger partial charge on any atom is -0.433 e. The van der Waals surface area contributed by atoms with Gasteiger partial charge in [-0.05, 0) is 36.8 Å². The summed E-state index contributed by atoms with van der Waals surface area (Å²) in [5.74, 6) is 0.645. The number of nitrogens with one attached hydrogen (secondary N) is 2. The molecule has 0 radical (unpaired) electrons. The highest BCUT2D eigenvalue weighted by molar-refractivity contribution is 8.09. The first-order valence-corrected chi connectivity index (χ1v) is 11.3. The van der Waals surface area contributed by atoms with Crippen molar-refractivity contribution in [2.45, 2.75) is 32.1 Å². The molecule has 3 rings (SSSR count). The number of hydrogen-bond acceptors (Lipinski definition) is 6. The average Bonchev–Trinajstić information content (AvgIpc) is 3.10. The van der Waals surface area contributed by atoms with E-state index in [0.717, 1.165) is 0 Å². The molecule has 1 fully saturated rings. The molecule has 2 N–H and O–H groups in total. The first-order chi connectivity index (χ1) is 13.0. The molecule has 8 nitrogen and oxygen atoms in total. The van der Waals surface area contributed by atoms with Gasteiger partial charge in [0.1, 0.15) is 12.0 Å². The van der Waals surface area contributed by atoms with Crippen molar-refractivity contribution in [2.24, 2.45) is 0 Å². The van der Waals surface area contributed by atoms with Crippen LogP contribution in [0, 0.1) is 0 Å². The molecule has 2 heterocycles. The Morgan fingerprint density at radius 3 is 2.78 bits per heavy atom. The lowest BCUT2D eigenvalue weighted by atomic mass is 10.2. The Labute approximate surface area is 161 Å². The molecule has 3 unspecified atom stereocenters. The molecule has 1 aromatic heterocycles. The van der Waals surface area contributed by atoms with Crippen molar-refractivity contribution in [3.63, 3.8) is 0 Å². The Kier molecular flexibility index (Phi) is 6.62. The van der Waals surface area contributed by atoms with Gasteiger partial charge in [0, 0.05) is 18.8 Å². The Morgan fingerprint density at radius 1 is 1.30 bits per heavy atom. The molecule has 27 heavy (non-hydrogen) atoms. The summed E-state index contributed by atoms with van der Waals surface area (Å²) in [6.45, 7) is 0.0916. The van der Waals surface area contributed by atoms with Crippen LogP contribution in [0.4, 0.5) is 0 Å². The number of nitrogens with zero attached hydrogens (tertiary/aromatic N) is 1. The molecule has 10 heteroatoms. The quantitative estimate of drug-likeness (QED) is 0.643. The molecule has 2 aromatic rings. The number of para-hydroxylation sites is 1. The summed E-state index contributed by atoms with van der Waals surface area (Å²) >= 11 is 5.58. The molecule has 0 bridgehead atoms. The van der Waals surface area contributed by atoms with Crippen LogP contribution in [0.1, 0.15) is 26.0 Å². The highest BCUT2D eigenvalue weighted by atomic mass is 32.5. The average molecular weight is 411 g/mol. The second-order valence-electron chi connectivity index (χ2n) is 6.02. The van der Waals surface area contributed by atoms with E-state index in [4.69, 9.17) is 25.6 Å². The van der Waals surface area contributed by atoms with Gasteiger partial charge in [0.2, 0.25) is 0 Å². The normalized spacial score (nSPS) is 21.7.